The lowest BCUT2D eigenvalue weighted by Gasteiger charge is -2.03. The second-order valence-corrected chi connectivity index (χ2v) is 5.19. The topological polar surface area (TPSA) is 62.8 Å². The minimum absolute atomic E-state index is 0.0519. The Hall–Kier alpha value is -2.27. The normalized spacial score (nSPS) is 10.7. The highest BCUT2D eigenvalue weighted by Gasteiger charge is 2.13. The van der Waals surface area contributed by atoms with Crippen LogP contribution in [0.25, 0.3) is 10.9 Å². The van der Waals surface area contributed by atoms with E-state index in [9.17, 15) is 9.59 Å². The van der Waals surface area contributed by atoms with E-state index in [1.165, 1.54) is 0 Å². The van der Waals surface area contributed by atoms with Crippen LogP contribution in [0.15, 0.2) is 57.8 Å². The molecule has 5 heteroatoms. The van der Waals surface area contributed by atoms with Crippen molar-refractivity contribution in [2.24, 2.45) is 0 Å². The summed E-state index contributed by atoms with van der Waals surface area (Å²) in [6.07, 6.45) is 0. The molecular formula is C15H9BrN2O2. The Morgan fingerprint density at radius 3 is 2.60 bits per heavy atom. The van der Waals surface area contributed by atoms with E-state index < -0.39 is 0 Å². The Bertz CT molecular complexity index is 857. The molecule has 0 aliphatic carbocycles. The summed E-state index contributed by atoms with van der Waals surface area (Å²) < 4.78 is 0.791. The predicted octanol–water partition coefficient (Wildman–Crippen LogP) is 2.92. The van der Waals surface area contributed by atoms with Gasteiger partial charge in [0.1, 0.15) is 0 Å². The molecule has 2 aromatic carbocycles. The molecule has 0 fully saturated rings. The van der Waals surface area contributed by atoms with Crippen LogP contribution in [-0.4, -0.2) is 15.8 Å². The largest absolute Gasteiger partial charge is 0.303 e. The third kappa shape index (κ3) is 2.28. The van der Waals surface area contributed by atoms with Crippen LogP contribution in [0, 0.1) is 0 Å². The highest BCUT2D eigenvalue weighted by molar-refractivity contribution is 9.10. The highest BCUT2D eigenvalue weighted by atomic mass is 79.9. The zero-order valence-corrected chi connectivity index (χ0v) is 11.8. The molecule has 0 aliphatic rings. The zero-order chi connectivity index (χ0) is 14.1. The van der Waals surface area contributed by atoms with Gasteiger partial charge in [-0.1, -0.05) is 46.3 Å². The molecule has 0 atom stereocenters. The molecule has 0 saturated heterocycles. The van der Waals surface area contributed by atoms with Crippen molar-refractivity contribution in [1.82, 2.24) is 9.97 Å². The van der Waals surface area contributed by atoms with Gasteiger partial charge in [0.25, 0.3) is 5.56 Å². The lowest BCUT2D eigenvalue weighted by atomic mass is 10.1. The number of hydrogen-bond acceptors (Lipinski definition) is 3. The van der Waals surface area contributed by atoms with Crippen LogP contribution in [0.5, 0.6) is 0 Å². The third-order valence-electron chi connectivity index (χ3n) is 2.92. The first-order valence-electron chi connectivity index (χ1n) is 5.94. The average Bonchev–Trinajstić information content (AvgIpc) is 2.48. The first-order chi connectivity index (χ1) is 9.65. The monoisotopic (exact) mass is 328 g/mol. The number of carbonyl (C=O) groups is 1. The van der Waals surface area contributed by atoms with Crippen molar-refractivity contribution in [3.63, 3.8) is 0 Å². The molecule has 1 N–H and O–H groups in total. The second kappa shape index (κ2) is 5.02. The van der Waals surface area contributed by atoms with Crippen molar-refractivity contribution < 1.29 is 4.79 Å². The summed E-state index contributed by atoms with van der Waals surface area (Å²) in [6, 6.07) is 13.9. The minimum atomic E-state index is -0.324. The molecule has 0 radical (unpaired) electrons. The predicted molar refractivity (Wildman–Crippen MR) is 79.9 cm³/mol. The number of nitrogens with zero attached hydrogens (tertiary/aromatic N) is 1. The minimum Gasteiger partial charge on any atom is -0.303 e. The Morgan fingerprint density at radius 1 is 1.10 bits per heavy atom. The molecule has 0 bridgehead atoms. The number of hydrogen-bond donors (Lipinski definition) is 1. The van der Waals surface area contributed by atoms with Crippen LogP contribution < -0.4 is 5.56 Å². The first-order valence-corrected chi connectivity index (χ1v) is 6.74. The van der Waals surface area contributed by atoms with Crippen LogP contribution in [0.2, 0.25) is 0 Å². The molecule has 1 heterocycles. The van der Waals surface area contributed by atoms with Gasteiger partial charge < -0.3 is 4.98 Å². The summed E-state index contributed by atoms with van der Waals surface area (Å²) in [7, 11) is 0. The van der Waals surface area contributed by atoms with E-state index in [0.29, 0.717) is 16.5 Å². The average molecular weight is 329 g/mol. The molecule has 0 amide bonds. The van der Waals surface area contributed by atoms with Crippen LogP contribution >= 0.6 is 15.9 Å². The van der Waals surface area contributed by atoms with Gasteiger partial charge in [-0.25, -0.2) is 4.98 Å². The molecule has 4 nitrogen and oxygen atoms in total. The van der Waals surface area contributed by atoms with Crippen molar-refractivity contribution in [3.8, 4) is 0 Å². The van der Waals surface area contributed by atoms with Gasteiger partial charge in [-0.3, -0.25) is 9.59 Å². The number of benzene rings is 2. The fourth-order valence-electron chi connectivity index (χ4n) is 1.94. The van der Waals surface area contributed by atoms with Gasteiger partial charge in [0.05, 0.1) is 10.9 Å². The number of fused-ring (bicyclic) bond motifs is 1. The third-order valence-corrected chi connectivity index (χ3v) is 3.41. The van der Waals surface area contributed by atoms with Gasteiger partial charge in [0.15, 0.2) is 5.82 Å². The number of nitrogens with one attached hydrogen (secondary N) is 1. The summed E-state index contributed by atoms with van der Waals surface area (Å²) >= 11 is 3.30. The van der Waals surface area contributed by atoms with Crippen molar-refractivity contribution in [2.45, 2.75) is 0 Å². The maximum atomic E-state index is 12.3. The van der Waals surface area contributed by atoms with E-state index in [0.717, 1.165) is 4.47 Å². The summed E-state index contributed by atoms with van der Waals surface area (Å²) in [5.41, 5.74) is 0.666. The van der Waals surface area contributed by atoms with Crippen molar-refractivity contribution >= 4 is 32.6 Å². The summed E-state index contributed by atoms with van der Waals surface area (Å²) in [6.45, 7) is 0. The lowest BCUT2D eigenvalue weighted by Crippen LogP contribution is -2.16. The van der Waals surface area contributed by atoms with Crippen LogP contribution in [0.4, 0.5) is 0 Å². The van der Waals surface area contributed by atoms with E-state index in [2.05, 4.69) is 25.9 Å². The van der Waals surface area contributed by atoms with Crippen molar-refractivity contribution in [2.75, 3.05) is 0 Å². The van der Waals surface area contributed by atoms with E-state index in [-0.39, 0.29) is 17.2 Å². The molecule has 0 aliphatic heterocycles. The molecule has 98 valence electrons. The van der Waals surface area contributed by atoms with Crippen LogP contribution in [0.1, 0.15) is 16.2 Å². The number of ketones is 1. The standard InChI is InChI=1S/C15H9BrN2O2/c16-10-6-7-12-11(8-10)15(20)18-14(17-12)13(19)9-4-2-1-3-5-9/h1-8H,(H,17,18,20). The second-order valence-electron chi connectivity index (χ2n) is 4.27. The summed E-state index contributed by atoms with van der Waals surface area (Å²) in [5, 5.41) is 0.448. The SMILES string of the molecule is O=C(c1ccccc1)c1nc2ccc(Br)cc2c(=O)[nH]1. The number of aromatic amines is 1. The molecule has 0 saturated carbocycles. The molecule has 0 spiro atoms. The number of halogens is 1. The van der Waals surface area contributed by atoms with Gasteiger partial charge in [-0.15, -0.1) is 0 Å². The number of rotatable bonds is 2. The van der Waals surface area contributed by atoms with Crippen LogP contribution in [-0.2, 0) is 0 Å². The fraction of sp³-hybridized carbons (Fsp3) is 0. The highest BCUT2D eigenvalue weighted by Crippen LogP contribution is 2.15. The molecule has 1 aromatic heterocycles. The number of carbonyl (C=O) groups excluding carboxylic acids is 1. The Kier molecular flexibility index (Phi) is 3.20. The maximum absolute atomic E-state index is 12.3. The summed E-state index contributed by atoms with van der Waals surface area (Å²) in [4.78, 5) is 31.1. The number of aromatic nitrogens is 2. The molecular weight excluding hydrogens is 320 g/mol. The van der Waals surface area contributed by atoms with Crippen molar-refractivity contribution in [3.05, 3.63) is 74.7 Å². The quantitative estimate of drug-likeness (QED) is 0.736. The fourth-order valence-corrected chi connectivity index (χ4v) is 2.31. The number of H-pyrrole nitrogens is 1. The maximum Gasteiger partial charge on any atom is 0.259 e. The lowest BCUT2D eigenvalue weighted by molar-refractivity contribution is 0.102. The Balaban J connectivity index is 2.16. The molecule has 0 unspecified atom stereocenters. The Labute approximate surface area is 122 Å². The van der Waals surface area contributed by atoms with Gasteiger partial charge in [0, 0.05) is 10.0 Å². The smallest absolute Gasteiger partial charge is 0.259 e. The van der Waals surface area contributed by atoms with E-state index in [1.54, 1.807) is 42.5 Å². The van der Waals surface area contributed by atoms with Gasteiger partial charge >= 0.3 is 0 Å². The van der Waals surface area contributed by atoms with Crippen molar-refractivity contribution in [1.29, 1.82) is 0 Å². The van der Waals surface area contributed by atoms with E-state index in [1.807, 2.05) is 6.07 Å². The molecule has 3 rings (SSSR count). The zero-order valence-electron chi connectivity index (χ0n) is 10.3. The molecule has 3 aromatic rings. The summed E-state index contributed by atoms with van der Waals surface area (Å²) in [5.74, 6) is -0.247. The molecule has 20 heavy (non-hydrogen) atoms. The van der Waals surface area contributed by atoms with Gasteiger partial charge in [0.2, 0.25) is 5.78 Å². The van der Waals surface area contributed by atoms with E-state index >= 15 is 0 Å². The van der Waals surface area contributed by atoms with Gasteiger partial charge in [-0.2, -0.15) is 0 Å². The Morgan fingerprint density at radius 2 is 1.85 bits per heavy atom. The van der Waals surface area contributed by atoms with Gasteiger partial charge in [-0.05, 0) is 18.2 Å². The first kappa shape index (κ1) is 12.7. The van der Waals surface area contributed by atoms with E-state index in [4.69, 9.17) is 0 Å². The van der Waals surface area contributed by atoms with Crippen LogP contribution in [0.3, 0.4) is 0 Å².